The van der Waals surface area contributed by atoms with Gasteiger partial charge in [0.1, 0.15) is 0 Å². The average molecular weight is 248 g/mol. The Labute approximate surface area is 95.2 Å². The van der Waals surface area contributed by atoms with Crippen molar-refractivity contribution in [3.63, 3.8) is 0 Å². The van der Waals surface area contributed by atoms with Gasteiger partial charge in [-0.15, -0.1) is 0 Å². The number of hydrogen-bond acceptors (Lipinski definition) is 3. The van der Waals surface area contributed by atoms with Gasteiger partial charge in [-0.25, -0.2) is 8.42 Å². The molecule has 0 spiro atoms. The van der Waals surface area contributed by atoms with Crippen LogP contribution in [0, 0.1) is 0 Å². The fourth-order valence-electron chi connectivity index (χ4n) is 1.22. The predicted molar refractivity (Wildman–Crippen MR) is 62.7 cm³/mol. The lowest BCUT2D eigenvalue weighted by molar-refractivity contribution is 0.590. The Kier molecular flexibility index (Phi) is 4.13. The van der Waals surface area contributed by atoms with Crippen LogP contribution in [0.2, 0.25) is 5.02 Å². The molecular formula is C10H14ClNO2S. The highest BCUT2D eigenvalue weighted by molar-refractivity contribution is 7.91. The van der Waals surface area contributed by atoms with E-state index in [2.05, 4.69) is 0 Å². The topological polar surface area (TPSA) is 60.2 Å². The van der Waals surface area contributed by atoms with Gasteiger partial charge < -0.3 is 5.73 Å². The van der Waals surface area contributed by atoms with E-state index in [1.165, 1.54) is 0 Å². The summed E-state index contributed by atoms with van der Waals surface area (Å²) in [5.74, 6) is 0.0745. The molecule has 0 bridgehead atoms. The summed E-state index contributed by atoms with van der Waals surface area (Å²) in [6.07, 6.45) is 0. The van der Waals surface area contributed by atoms with Crippen molar-refractivity contribution in [1.29, 1.82) is 0 Å². The van der Waals surface area contributed by atoms with E-state index in [4.69, 9.17) is 17.3 Å². The maximum absolute atomic E-state index is 11.4. The molecule has 0 fully saturated rings. The van der Waals surface area contributed by atoms with Gasteiger partial charge in [-0.3, -0.25) is 0 Å². The number of nitrogens with two attached hydrogens (primary N) is 1. The van der Waals surface area contributed by atoms with Gasteiger partial charge >= 0.3 is 0 Å². The monoisotopic (exact) mass is 247 g/mol. The summed E-state index contributed by atoms with van der Waals surface area (Å²) in [6, 6.07) is 6.45. The fourth-order valence-corrected chi connectivity index (χ4v) is 2.40. The molecule has 0 radical (unpaired) electrons. The van der Waals surface area contributed by atoms with E-state index < -0.39 is 15.9 Å². The van der Waals surface area contributed by atoms with Gasteiger partial charge in [-0.05, 0) is 17.7 Å². The molecule has 0 aliphatic carbocycles. The quantitative estimate of drug-likeness (QED) is 0.882. The molecule has 84 valence electrons. The summed E-state index contributed by atoms with van der Waals surface area (Å²) in [6.45, 7) is 1.61. The zero-order valence-corrected chi connectivity index (χ0v) is 10.1. The summed E-state index contributed by atoms with van der Waals surface area (Å²) < 4.78 is 22.7. The minimum atomic E-state index is -3.05. The van der Waals surface area contributed by atoms with Gasteiger partial charge in [0.25, 0.3) is 0 Å². The minimum Gasteiger partial charge on any atom is -0.323 e. The van der Waals surface area contributed by atoms with Gasteiger partial charge in [0, 0.05) is 16.8 Å². The molecule has 3 nitrogen and oxygen atoms in total. The van der Waals surface area contributed by atoms with Crippen LogP contribution in [-0.4, -0.2) is 19.9 Å². The van der Waals surface area contributed by atoms with Crippen molar-refractivity contribution >= 4 is 21.4 Å². The third kappa shape index (κ3) is 3.81. The first-order chi connectivity index (χ1) is 6.94. The molecule has 1 atom stereocenters. The molecule has 0 aliphatic heterocycles. The van der Waals surface area contributed by atoms with E-state index in [9.17, 15) is 8.42 Å². The van der Waals surface area contributed by atoms with Gasteiger partial charge in [0.15, 0.2) is 9.84 Å². The Hall–Kier alpha value is -0.580. The summed E-state index contributed by atoms with van der Waals surface area (Å²) in [5.41, 5.74) is 6.54. The summed E-state index contributed by atoms with van der Waals surface area (Å²) >= 11 is 5.79. The van der Waals surface area contributed by atoms with Crippen LogP contribution in [0.3, 0.4) is 0 Å². The third-order valence-electron chi connectivity index (χ3n) is 2.15. The highest BCUT2D eigenvalue weighted by Crippen LogP contribution is 2.17. The molecule has 0 aliphatic rings. The lowest BCUT2D eigenvalue weighted by Crippen LogP contribution is -2.22. The van der Waals surface area contributed by atoms with Crippen molar-refractivity contribution in [3.05, 3.63) is 34.9 Å². The average Bonchev–Trinajstić information content (AvgIpc) is 2.17. The highest BCUT2D eigenvalue weighted by Gasteiger charge is 2.15. The molecular weight excluding hydrogens is 234 g/mol. The minimum absolute atomic E-state index is 0.0379. The molecule has 0 unspecified atom stereocenters. The lowest BCUT2D eigenvalue weighted by Gasteiger charge is -2.11. The second kappa shape index (κ2) is 4.96. The Morgan fingerprint density at radius 2 is 2.13 bits per heavy atom. The fraction of sp³-hybridized carbons (Fsp3) is 0.400. The lowest BCUT2D eigenvalue weighted by atomic mass is 10.1. The van der Waals surface area contributed by atoms with Gasteiger partial charge in [0.05, 0.1) is 5.75 Å². The normalized spacial score (nSPS) is 13.8. The first-order valence-electron chi connectivity index (χ1n) is 4.66. The maximum atomic E-state index is 11.4. The summed E-state index contributed by atoms with van der Waals surface area (Å²) in [5, 5.41) is 0.567. The van der Waals surface area contributed by atoms with E-state index in [-0.39, 0.29) is 11.5 Å². The molecule has 0 saturated heterocycles. The Morgan fingerprint density at radius 1 is 1.47 bits per heavy atom. The van der Waals surface area contributed by atoms with Crippen LogP contribution in [0.5, 0.6) is 0 Å². The van der Waals surface area contributed by atoms with Crippen LogP contribution in [0.25, 0.3) is 0 Å². The van der Waals surface area contributed by atoms with Gasteiger partial charge in [0.2, 0.25) is 0 Å². The summed E-state index contributed by atoms with van der Waals surface area (Å²) in [4.78, 5) is 0. The van der Waals surface area contributed by atoms with Crippen molar-refractivity contribution in [3.8, 4) is 0 Å². The number of benzene rings is 1. The maximum Gasteiger partial charge on any atom is 0.151 e. The second-order valence-corrected chi connectivity index (χ2v) is 6.19. The smallest absolute Gasteiger partial charge is 0.151 e. The van der Waals surface area contributed by atoms with Crippen LogP contribution in [0.15, 0.2) is 24.3 Å². The predicted octanol–water partition coefficient (Wildman–Crippen LogP) is 1.77. The van der Waals surface area contributed by atoms with E-state index in [1.807, 2.05) is 0 Å². The standard InChI is InChI=1S/C10H14ClNO2S/c1-2-15(13,14)7-10(12)8-4-3-5-9(11)6-8/h3-6,10H,2,7,12H2,1H3/t10-/m0/s1. The largest absolute Gasteiger partial charge is 0.323 e. The zero-order chi connectivity index (χ0) is 11.5. The zero-order valence-electron chi connectivity index (χ0n) is 8.48. The van der Waals surface area contributed by atoms with Crippen molar-refractivity contribution in [2.45, 2.75) is 13.0 Å². The first kappa shape index (κ1) is 12.5. The van der Waals surface area contributed by atoms with E-state index in [0.29, 0.717) is 5.02 Å². The SMILES string of the molecule is CCS(=O)(=O)C[C@H](N)c1cccc(Cl)c1. The van der Waals surface area contributed by atoms with Crippen LogP contribution >= 0.6 is 11.6 Å². The van der Waals surface area contributed by atoms with Crippen molar-refractivity contribution in [2.75, 3.05) is 11.5 Å². The second-order valence-electron chi connectivity index (χ2n) is 3.36. The van der Waals surface area contributed by atoms with E-state index in [1.54, 1.807) is 31.2 Å². The summed E-state index contributed by atoms with van der Waals surface area (Å²) in [7, 11) is -3.05. The van der Waals surface area contributed by atoms with Crippen LogP contribution in [0.4, 0.5) is 0 Å². The van der Waals surface area contributed by atoms with Crippen LogP contribution < -0.4 is 5.73 Å². The molecule has 5 heteroatoms. The molecule has 15 heavy (non-hydrogen) atoms. The molecule has 1 aromatic rings. The Morgan fingerprint density at radius 3 is 2.67 bits per heavy atom. The highest BCUT2D eigenvalue weighted by atomic mass is 35.5. The molecule has 2 N–H and O–H groups in total. The molecule has 1 rings (SSSR count). The van der Waals surface area contributed by atoms with Gasteiger partial charge in [-0.1, -0.05) is 30.7 Å². The first-order valence-corrected chi connectivity index (χ1v) is 6.86. The van der Waals surface area contributed by atoms with Crippen molar-refractivity contribution in [1.82, 2.24) is 0 Å². The molecule has 0 amide bonds. The molecule has 1 aromatic carbocycles. The van der Waals surface area contributed by atoms with Crippen LogP contribution in [0.1, 0.15) is 18.5 Å². The van der Waals surface area contributed by atoms with Crippen molar-refractivity contribution < 1.29 is 8.42 Å². The third-order valence-corrected chi connectivity index (χ3v) is 4.13. The molecule has 0 aromatic heterocycles. The van der Waals surface area contributed by atoms with Crippen molar-refractivity contribution in [2.24, 2.45) is 5.73 Å². The molecule has 0 saturated carbocycles. The van der Waals surface area contributed by atoms with E-state index in [0.717, 1.165) is 5.56 Å². The van der Waals surface area contributed by atoms with Crippen LogP contribution in [-0.2, 0) is 9.84 Å². The number of rotatable bonds is 4. The number of halogens is 1. The Balaban J connectivity index is 2.82. The number of hydrogen-bond donors (Lipinski definition) is 1. The van der Waals surface area contributed by atoms with E-state index >= 15 is 0 Å². The number of sulfone groups is 1. The molecule has 0 heterocycles. The Bertz CT molecular complexity index is 431. The van der Waals surface area contributed by atoms with Gasteiger partial charge in [-0.2, -0.15) is 0 Å².